The molecule has 0 bridgehead atoms. The summed E-state index contributed by atoms with van der Waals surface area (Å²) in [5.74, 6) is 0.840. The molecular formula is C7H8. The average molecular weight is 92.1 g/mol. The fourth-order valence-electron chi connectivity index (χ4n) is 1.40. The second kappa shape index (κ2) is 0.706. The van der Waals surface area contributed by atoms with Crippen LogP contribution < -0.4 is 0 Å². The van der Waals surface area contributed by atoms with Gasteiger partial charge in [0.1, 0.15) is 0 Å². The van der Waals surface area contributed by atoms with Crippen molar-refractivity contribution in [3.05, 3.63) is 23.3 Å². The largest absolute Gasteiger partial charge is 0.0952 e. The highest BCUT2D eigenvalue weighted by Gasteiger charge is 2.41. The standard InChI is InChI=1S/C7H8/c1-4-3-6-5(2)7(4)6/h5H,1,3H2,2H3. The molecule has 0 aromatic carbocycles. The van der Waals surface area contributed by atoms with E-state index in [4.69, 9.17) is 0 Å². The van der Waals surface area contributed by atoms with E-state index in [1.54, 1.807) is 11.1 Å². The van der Waals surface area contributed by atoms with E-state index < -0.39 is 0 Å². The quantitative estimate of drug-likeness (QED) is 0.428. The fraction of sp³-hybridized carbons (Fsp3) is 0.429. The lowest BCUT2D eigenvalue weighted by molar-refractivity contribution is 1.03. The van der Waals surface area contributed by atoms with Gasteiger partial charge in [-0.15, -0.1) is 0 Å². The molecule has 1 unspecified atom stereocenters. The molecule has 2 aliphatic carbocycles. The molecule has 0 saturated heterocycles. The van der Waals surface area contributed by atoms with Crippen LogP contribution in [0.25, 0.3) is 0 Å². The summed E-state index contributed by atoms with van der Waals surface area (Å²) < 4.78 is 0. The van der Waals surface area contributed by atoms with E-state index in [0.29, 0.717) is 0 Å². The van der Waals surface area contributed by atoms with Gasteiger partial charge in [0.15, 0.2) is 0 Å². The van der Waals surface area contributed by atoms with E-state index in [9.17, 15) is 0 Å². The number of allylic oxidation sites excluding steroid dienone is 3. The molecule has 0 saturated carbocycles. The van der Waals surface area contributed by atoms with Crippen LogP contribution in [-0.2, 0) is 0 Å². The normalized spacial score (nSPS) is 35.0. The van der Waals surface area contributed by atoms with Crippen LogP contribution in [0.15, 0.2) is 23.3 Å². The molecule has 2 aliphatic rings. The van der Waals surface area contributed by atoms with Crippen molar-refractivity contribution >= 4 is 0 Å². The molecule has 0 aliphatic heterocycles. The third-order valence-electron chi connectivity index (χ3n) is 2.00. The summed E-state index contributed by atoms with van der Waals surface area (Å²) >= 11 is 0. The summed E-state index contributed by atoms with van der Waals surface area (Å²) in [5, 5.41) is 0. The van der Waals surface area contributed by atoms with Crippen LogP contribution >= 0.6 is 0 Å². The van der Waals surface area contributed by atoms with Crippen molar-refractivity contribution < 1.29 is 0 Å². The zero-order chi connectivity index (χ0) is 5.02. The van der Waals surface area contributed by atoms with Gasteiger partial charge in [-0.05, 0) is 17.6 Å². The Kier molecular flexibility index (Phi) is 0.351. The number of rotatable bonds is 0. The van der Waals surface area contributed by atoms with Gasteiger partial charge in [-0.25, -0.2) is 0 Å². The molecule has 0 fully saturated rings. The Morgan fingerprint density at radius 2 is 2.43 bits per heavy atom. The predicted octanol–water partition coefficient (Wildman–Crippen LogP) is 1.89. The van der Waals surface area contributed by atoms with Gasteiger partial charge in [0.2, 0.25) is 0 Å². The van der Waals surface area contributed by atoms with E-state index in [0.717, 1.165) is 5.92 Å². The molecule has 0 radical (unpaired) electrons. The van der Waals surface area contributed by atoms with Gasteiger partial charge >= 0.3 is 0 Å². The number of hydrogen-bond donors (Lipinski definition) is 0. The lowest BCUT2D eigenvalue weighted by Crippen LogP contribution is -1.79. The van der Waals surface area contributed by atoms with Gasteiger partial charge in [-0.1, -0.05) is 19.1 Å². The summed E-state index contributed by atoms with van der Waals surface area (Å²) in [6.45, 7) is 6.13. The Morgan fingerprint density at radius 1 is 1.71 bits per heavy atom. The molecular weight excluding hydrogens is 84.1 g/mol. The van der Waals surface area contributed by atoms with E-state index in [1.807, 2.05) is 0 Å². The summed E-state index contributed by atoms with van der Waals surface area (Å²) in [6.07, 6.45) is 1.22. The van der Waals surface area contributed by atoms with Crippen LogP contribution in [0.3, 0.4) is 0 Å². The summed E-state index contributed by atoms with van der Waals surface area (Å²) in [4.78, 5) is 0. The zero-order valence-corrected chi connectivity index (χ0v) is 4.49. The highest BCUT2D eigenvalue weighted by Crippen LogP contribution is 2.56. The summed E-state index contributed by atoms with van der Waals surface area (Å²) in [5.41, 5.74) is 4.65. The molecule has 1 atom stereocenters. The van der Waals surface area contributed by atoms with Crippen LogP contribution in [0.4, 0.5) is 0 Å². The van der Waals surface area contributed by atoms with Gasteiger partial charge in [-0.2, -0.15) is 0 Å². The van der Waals surface area contributed by atoms with Crippen molar-refractivity contribution in [3.8, 4) is 0 Å². The third-order valence-corrected chi connectivity index (χ3v) is 2.00. The van der Waals surface area contributed by atoms with E-state index in [1.165, 1.54) is 12.0 Å². The van der Waals surface area contributed by atoms with Gasteiger partial charge in [-0.3, -0.25) is 0 Å². The highest BCUT2D eigenvalue weighted by atomic mass is 14.5. The molecule has 0 N–H and O–H groups in total. The van der Waals surface area contributed by atoms with E-state index >= 15 is 0 Å². The van der Waals surface area contributed by atoms with Gasteiger partial charge in [0.05, 0.1) is 0 Å². The lowest BCUT2D eigenvalue weighted by Gasteiger charge is -1.98. The highest BCUT2D eigenvalue weighted by molar-refractivity contribution is 5.64. The van der Waals surface area contributed by atoms with Crippen molar-refractivity contribution in [1.82, 2.24) is 0 Å². The first kappa shape index (κ1) is 3.48. The van der Waals surface area contributed by atoms with Gasteiger partial charge in [0, 0.05) is 5.92 Å². The Bertz CT molecular complexity index is 172. The van der Waals surface area contributed by atoms with Crippen molar-refractivity contribution in [2.24, 2.45) is 5.92 Å². The maximum atomic E-state index is 3.88. The molecule has 7 heavy (non-hydrogen) atoms. The van der Waals surface area contributed by atoms with Crippen molar-refractivity contribution in [2.45, 2.75) is 13.3 Å². The third kappa shape index (κ3) is 0.217. The summed E-state index contributed by atoms with van der Waals surface area (Å²) in [6, 6.07) is 0. The van der Waals surface area contributed by atoms with E-state index in [-0.39, 0.29) is 0 Å². The number of hydrogen-bond acceptors (Lipinski definition) is 0. The van der Waals surface area contributed by atoms with Crippen molar-refractivity contribution in [1.29, 1.82) is 0 Å². The minimum atomic E-state index is 0.840. The molecule has 36 valence electrons. The second-order valence-corrected chi connectivity index (χ2v) is 2.44. The molecule has 0 heterocycles. The van der Waals surface area contributed by atoms with Crippen LogP contribution in [0.1, 0.15) is 13.3 Å². The van der Waals surface area contributed by atoms with Gasteiger partial charge < -0.3 is 0 Å². The van der Waals surface area contributed by atoms with Gasteiger partial charge in [0.25, 0.3) is 0 Å². The molecule has 0 amide bonds. The molecule has 0 nitrogen and oxygen atoms in total. The van der Waals surface area contributed by atoms with Crippen molar-refractivity contribution in [2.75, 3.05) is 0 Å². The van der Waals surface area contributed by atoms with Crippen LogP contribution in [0, 0.1) is 5.92 Å². The molecule has 0 spiro atoms. The zero-order valence-electron chi connectivity index (χ0n) is 4.49. The maximum absolute atomic E-state index is 3.88. The molecule has 0 aromatic rings. The van der Waals surface area contributed by atoms with Crippen LogP contribution in [0.5, 0.6) is 0 Å². The predicted molar refractivity (Wildman–Crippen MR) is 29.9 cm³/mol. The Morgan fingerprint density at radius 3 is 2.43 bits per heavy atom. The van der Waals surface area contributed by atoms with Crippen LogP contribution in [-0.4, -0.2) is 0 Å². The first-order valence-corrected chi connectivity index (χ1v) is 2.72. The maximum Gasteiger partial charge on any atom is 0.00318 e. The van der Waals surface area contributed by atoms with E-state index in [2.05, 4.69) is 13.5 Å². The first-order chi connectivity index (χ1) is 3.30. The van der Waals surface area contributed by atoms with Crippen LogP contribution in [0.2, 0.25) is 0 Å². The average Bonchev–Trinajstić information content (AvgIpc) is 2.07. The smallest absolute Gasteiger partial charge is 0.00318 e. The molecule has 0 heteroatoms. The molecule has 2 rings (SSSR count). The minimum Gasteiger partial charge on any atom is -0.0952 e. The Balaban J connectivity index is 2.36. The second-order valence-electron chi connectivity index (χ2n) is 2.44. The molecule has 0 aromatic heterocycles. The Labute approximate surface area is 43.5 Å². The lowest BCUT2D eigenvalue weighted by atomic mass is 10.1. The monoisotopic (exact) mass is 92.1 g/mol. The van der Waals surface area contributed by atoms with Crippen molar-refractivity contribution in [3.63, 3.8) is 0 Å². The fourth-order valence-corrected chi connectivity index (χ4v) is 1.40. The SMILES string of the molecule is C=C1CC2=C1C2C. The summed E-state index contributed by atoms with van der Waals surface area (Å²) in [7, 11) is 0. The first-order valence-electron chi connectivity index (χ1n) is 2.72. The Hall–Kier alpha value is -0.520. The topological polar surface area (TPSA) is 0 Å². The minimum absolute atomic E-state index is 0.840.